The molecule has 0 aromatic carbocycles. The Morgan fingerprint density at radius 1 is 1.53 bits per heavy atom. The van der Waals surface area contributed by atoms with E-state index in [1.807, 2.05) is 0 Å². The lowest BCUT2D eigenvalue weighted by molar-refractivity contribution is -0.129. The molecule has 0 aromatic heterocycles. The smallest absolute Gasteiger partial charge is 0.314 e. The fourth-order valence-electron chi connectivity index (χ4n) is 1.64. The van der Waals surface area contributed by atoms with Crippen molar-refractivity contribution >= 4 is 11.9 Å². The second-order valence-corrected chi connectivity index (χ2v) is 3.91. The molecule has 1 rings (SSSR count). The van der Waals surface area contributed by atoms with Crippen LogP contribution in [0.1, 0.15) is 0 Å². The van der Waals surface area contributed by atoms with Crippen molar-refractivity contribution in [3.05, 3.63) is 0 Å². The Kier molecular flexibility index (Phi) is 3.90. The number of hydrogen-bond acceptors (Lipinski definition) is 3. The summed E-state index contributed by atoms with van der Waals surface area (Å²) in [5.74, 6) is 0.429. The van der Waals surface area contributed by atoms with E-state index in [2.05, 4.69) is 5.32 Å². The summed E-state index contributed by atoms with van der Waals surface area (Å²) in [5.41, 5.74) is 5.09. The summed E-state index contributed by atoms with van der Waals surface area (Å²) in [6.07, 6.45) is 0. The lowest BCUT2D eigenvalue weighted by Gasteiger charge is -2.39. The molecule has 86 valence electrons. The summed E-state index contributed by atoms with van der Waals surface area (Å²) >= 11 is 0. The number of amides is 3. The summed E-state index contributed by atoms with van der Waals surface area (Å²) in [6.45, 7) is 2.35. The van der Waals surface area contributed by atoms with Crippen LogP contribution in [0.25, 0.3) is 0 Å². The molecule has 6 nitrogen and oxygen atoms in total. The van der Waals surface area contributed by atoms with Crippen molar-refractivity contribution in [2.45, 2.75) is 0 Å². The van der Waals surface area contributed by atoms with Crippen molar-refractivity contribution < 1.29 is 9.59 Å². The molecule has 0 atom stereocenters. The van der Waals surface area contributed by atoms with Gasteiger partial charge in [-0.1, -0.05) is 0 Å². The van der Waals surface area contributed by atoms with Crippen molar-refractivity contribution in [1.82, 2.24) is 15.1 Å². The molecule has 3 N–H and O–H groups in total. The molecule has 0 radical (unpaired) electrons. The van der Waals surface area contributed by atoms with Crippen LogP contribution in [0, 0.1) is 5.92 Å². The zero-order chi connectivity index (χ0) is 11.4. The van der Waals surface area contributed by atoms with E-state index in [-0.39, 0.29) is 11.9 Å². The van der Waals surface area contributed by atoms with Gasteiger partial charge in [0.1, 0.15) is 0 Å². The molecule has 6 heteroatoms. The predicted molar refractivity (Wildman–Crippen MR) is 56.2 cm³/mol. The van der Waals surface area contributed by atoms with Gasteiger partial charge in [0.05, 0.1) is 6.54 Å². The van der Waals surface area contributed by atoms with Gasteiger partial charge in [0.2, 0.25) is 5.91 Å². The van der Waals surface area contributed by atoms with E-state index in [1.54, 1.807) is 23.9 Å². The average molecular weight is 214 g/mol. The number of rotatable bonds is 4. The summed E-state index contributed by atoms with van der Waals surface area (Å²) < 4.78 is 0. The minimum atomic E-state index is -0.379. The third-order valence-corrected chi connectivity index (χ3v) is 2.55. The maximum absolute atomic E-state index is 11.4. The SMILES string of the molecule is CNCC(=O)N(C)CC1CN(C(N)=O)C1. The van der Waals surface area contributed by atoms with Crippen molar-refractivity contribution in [3.8, 4) is 0 Å². The summed E-state index contributed by atoms with van der Waals surface area (Å²) in [6, 6.07) is -0.379. The molecule has 0 aliphatic carbocycles. The fourth-order valence-corrected chi connectivity index (χ4v) is 1.64. The van der Waals surface area contributed by atoms with Gasteiger partial charge in [0.25, 0.3) is 0 Å². The lowest BCUT2D eigenvalue weighted by Crippen LogP contribution is -2.56. The van der Waals surface area contributed by atoms with Crippen LogP contribution in [0.5, 0.6) is 0 Å². The number of likely N-dealkylation sites (tertiary alicyclic amines) is 1. The molecular formula is C9H18N4O2. The van der Waals surface area contributed by atoms with Crippen LogP contribution >= 0.6 is 0 Å². The van der Waals surface area contributed by atoms with Gasteiger partial charge in [0.15, 0.2) is 0 Å². The molecule has 0 aromatic rings. The van der Waals surface area contributed by atoms with Crippen LogP contribution in [0.3, 0.4) is 0 Å². The van der Waals surface area contributed by atoms with Gasteiger partial charge < -0.3 is 20.9 Å². The summed E-state index contributed by atoms with van der Waals surface area (Å²) in [4.78, 5) is 25.3. The van der Waals surface area contributed by atoms with Crippen LogP contribution in [0.2, 0.25) is 0 Å². The number of nitrogens with one attached hydrogen (secondary N) is 1. The minimum Gasteiger partial charge on any atom is -0.351 e. The third-order valence-electron chi connectivity index (χ3n) is 2.55. The van der Waals surface area contributed by atoms with Gasteiger partial charge in [0, 0.05) is 32.6 Å². The van der Waals surface area contributed by atoms with Crippen molar-refractivity contribution in [2.75, 3.05) is 40.3 Å². The molecule has 15 heavy (non-hydrogen) atoms. The van der Waals surface area contributed by atoms with E-state index in [0.717, 1.165) is 0 Å². The van der Waals surface area contributed by atoms with E-state index >= 15 is 0 Å². The highest BCUT2D eigenvalue weighted by molar-refractivity contribution is 5.78. The van der Waals surface area contributed by atoms with E-state index in [4.69, 9.17) is 5.73 Å². The predicted octanol–water partition coefficient (Wildman–Crippen LogP) is -1.33. The Morgan fingerprint density at radius 2 is 2.13 bits per heavy atom. The molecular weight excluding hydrogens is 196 g/mol. The molecule has 1 heterocycles. The minimum absolute atomic E-state index is 0.0648. The largest absolute Gasteiger partial charge is 0.351 e. The number of urea groups is 1. The lowest BCUT2D eigenvalue weighted by atomic mass is 10.0. The highest BCUT2D eigenvalue weighted by Gasteiger charge is 2.30. The quantitative estimate of drug-likeness (QED) is 0.609. The monoisotopic (exact) mass is 214 g/mol. The van der Waals surface area contributed by atoms with Crippen LogP contribution in [0.4, 0.5) is 4.79 Å². The molecule has 1 aliphatic heterocycles. The molecule has 0 saturated carbocycles. The summed E-state index contributed by atoms with van der Waals surface area (Å²) in [7, 11) is 3.51. The Balaban J connectivity index is 2.21. The van der Waals surface area contributed by atoms with E-state index in [9.17, 15) is 9.59 Å². The van der Waals surface area contributed by atoms with Crippen molar-refractivity contribution in [2.24, 2.45) is 11.7 Å². The third kappa shape index (κ3) is 3.09. The first kappa shape index (κ1) is 11.8. The molecule has 0 spiro atoms. The van der Waals surface area contributed by atoms with Gasteiger partial charge in [-0.05, 0) is 7.05 Å². The van der Waals surface area contributed by atoms with Gasteiger partial charge in [-0.2, -0.15) is 0 Å². The first-order valence-corrected chi connectivity index (χ1v) is 4.97. The molecule has 1 fully saturated rings. The Hall–Kier alpha value is -1.30. The van der Waals surface area contributed by atoms with Crippen LogP contribution < -0.4 is 11.1 Å². The number of nitrogens with two attached hydrogens (primary N) is 1. The molecule has 1 aliphatic rings. The van der Waals surface area contributed by atoms with Crippen molar-refractivity contribution in [1.29, 1.82) is 0 Å². The van der Waals surface area contributed by atoms with Gasteiger partial charge in [-0.15, -0.1) is 0 Å². The Labute approximate surface area is 89.4 Å². The molecule has 0 unspecified atom stereocenters. The second-order valence-electron chi connectivity index (χ2n) is 3.91. The highest BCUT2D eigenvalue weighted by Crippen LogP contribution is 2.15. The normalized spacial score (nSPS) is 16.0. The van der Waals surface area contributed by atoms with Crippen LogP contribution in [-0.4, -0.2) is 62.0 Å². The number of likely N-dealkylation sites (N-methyl/N-ethyl adjacent to an activating group) is 2. The van der Waals surface area contributed by atoms with E-state index < -0.39 is 0 Å². The molecule has 3 amide bonds. The number of primary amides is 1. The second kappa shape index (κ2) is 4.97. The maximum atomic E-state index is 11.4. The number of nitrogens with zero attached hydrogens (tertiary/aromatic N) is 2. The molecule has 1 saturated heterocycles. The van der Waals surface area contributed by atoms with Crippen molar-refractivity contribution in [3.63, 3.8) is 0 Å². The number of hydrogen-bond donors (Lipinski definition) is 2. The van der Waals surface area contributed by atoms with Crippen LogP contribution in [-0.2, 0) is 4.79 Å². The van der Waals surface area contributed by atoms with Gasteiger partial charge >= 0.3 is 6.03 Å². The zero-order valence-electron chi connectivity index (χ0n) is 9.19. The first-order chi connectivity index (χ1) is 7.04. The highest BCUT2D eigenvalue weighted by atomic mass is 16.2. The van der Waals surface area contributed by atoms with Gasteiger partial charge in [-0.25, -0.2) is 4.79 Å². The van der Waals surface area contributed by atoms with Gasteiger partial charge in [-0.3, -0.25) is 4.79 Å². The summed E-state index contributed by atoms with van der Waals surface area (Å²) in [5, 5.41) is 2.81. The fraction of sp³-hybridized carbons (Fsp3) is 0.778. The Bertz CT molecular complexity index is 250. The van der Waals surface area contributed by atoms with E-state index in [0.29, 0.717) is 32.1 Å². The number of carbonyl (C=O) groups is 2. The van der Waals surface area contributed by atoms with Crippen LogP contribution in [0.15, 0.2) is 0 Å². The zero-order valence-corrected chi connectivity index (χ0v) is 9.19. The van der Waals surface area contributed by atoms with E-state index in [1.165, 1.54) is 0 Å². The maximum Gasteiger partial charge on any atom is 0.314 e. The standard InChI is InChI=1S/C9H18N4O2/c1-11-3-8(14)12(2)4-7-5-13(6-7)9(10)15/h7,11H,3-6H2,1-2H3,(H2,10,15). The topological polar surface area (TPSA) is 78.7 Å². The average Bonchev–Trinajstić information content (AvgIpc) is 2.09. The Morgan fingerprint density at radius 3 is 2.60 bits per heavy atom. The molecule has 0 bridgehead atoms. The first-order valence-electron chi connectivity index (χ1n) is 4.97. The number of carbonyl (C=O) groups excluding carboxylic acids is 2.